The van der Waals surface area contributed by atoms with Gasteiger partial charge in [0.15, 0.2) is 5.78 Å². The highest BCUT2D eigenvalue weighted by Crippen LogP contribution is 2.16. The number of Topliss-reactive ketones (excluding diaryl/α,β-unsaturated/α-hetero) is 1. The van der Waals surface area contributed by atoms with Gasteiger partial charge in [0.1, 0.15) is 6.29 Å². The van der Waals surface area contributed by atoms with E-state index in [-0.39, 0.29) is 5.78 Å². The Kier molecular flexibility index (Phi) is 18.5. The van der Waals surface area contributed by atoms with Gasteiger partial charge in [-0.15, -0.1) is 0 Å². The molecular formula is C22H44N2O2. The fourth-order valence-electron chi connectivity index (χ4n) is 3.41. The number of ketones is 1. The summed E-state index contributed by atoms with van der Waals surface area (Å²) in [6.45, 7) is 2.88. The predicted molar refractivity (Wildman–Crippen MR) is 111 cm³/mol. The molecule has 0 radical (unpaired) electrons. The van der Waals surface area contributed by atoms with Gasteiger partial charge in [0.25, 0.3) is 0 Å². The van der Waals surface area contributed by atoms with Crippen molar-refractivity contribution in [3.05, 3.63) is 0 Å². The van der Waals surface area contributed by atoms with E-state index in [0.717, 1.165) is 32.0 Å². The Labute approximate surface area is 161 Å². The van der Waals surface area contributed by atoms with Gasteiger partial charge in [-0.3, -0.25) is 4.79 Å². The van der Waals surface area contributed by atoms with Gasteiger partial charge in [-0.1, -0.05) is 90.4 Å². The minimum Gasteiger partial charge on any atom is -0.330 e. The van der Waals surface area contributed by atoms with Crippen LogP contribution < -0.4 is 11.5 Å². The molecular weight excluding hydrogens is 324 g/mol. The molecule has 0 aliphatic carbocycles. The maximum atomic E-state index is 12.2. The number of rotatable bonds is 20. The fourth-order valence-corrected chi connectivity index (χ4v) is 3.41. The molecule has 0 amide bonds. The van der Waals surface area contributed by atoms with Crippen LogP contribution in [0.2, 0.25) is 0 Å². The van der Waals surface area contributed by atoms with E-state index in [0.29, 0.717) is 19.4 Å². The third-order valence-electron chi connectivity index (χ3n) is 5.23. The molecule has 4 heteroatoms. The van der Waals surface area contributed by atoms with Crippen LogP contribution in [0.5, 0.6) is 0 Å². The number of hydrogen-bond acceptors (Lipinski definition) is 4. The molecule has 0 aliphatic heterocycles. The molecule has 2 atom stereocenters. The van der Waals surface area contributed by atoms with Crippen LogP contribution in [0.4, 0.5) is 0 Å². The predicted octanol–water partition coefficient (Wildman–Crippen LogP) is 4.92. The van der Waals surface area contributed by atoms with Crippen LogP contribution in [0.15, 0.2) is 0 Å². The minimum atomic E-state index is -0.508. The Morgan fingerprint density at radius 3 is 1.69 bits per heavy atom. The Balaban J connectivity index is 3.59. The van der Waals surface area contributed by atoms with E-state index >= 15 is 0 Å². The molecule has 0 aliphatic rings. The zero-order chi connectivity index (χ0) is 19.5. The smallest absolute Gasteiger partial charge is 0.159 e. The summed E-state index contributed by atoms with van der Waals surface area (Å²) in [5.41, 5.74) is 11.4. The lowest BCUT2D eigenvalue weighted by Gasteiger charge is -2.15. The average molecular weight is 369 g/mol. The number of aldehydes is 1. The first-order valence-corrected chi connectivity index (χ1v) is 11.1. The van der Waals surface area contributed by atoms with Crippen LogP contribution in [0, 0.1) is 5.92 Å². The van der Waals surface area contributed by atoms with Crippen molar-refractivity contribution in [2.45, 2.75) is 116 Å². The Bertz CT molecular complexity index is 334. The lowest BCUT2D eigenvalue weighted by Crippen LogP contribution is -2.36. The fraction of sp³-hybridized carbons (Fsp3) is 0.909. The molecule has 0 saturated heterocycles. The molecule has 0 fully saturated rings. The standard InChI is InChI=1S/C22H44N2O2/c1-2-3-4-5-6-7-8-9-10-11-12-13-16-20(19-25)22(26)21(24)17-14-15-18-23/h19-21H,2-18,23-24H2,1H3. The van der Waals surface area contributed by atoms with E-state index in [1.807, 2.05) is 0 Å². The summed E-state index contributed by atoms with van der Waals surface area (Å²) < 4.78 is 0. The van der Waals surface area contributed by atoms with Crippen LogP contribution in [-0.4, -0.2) is 24.7 Å². The van der Waals surface area contributed by atoms with Crippen molar-refractivity contribution >= 4 is 12.1 Å². The summed E-state index contributed by atoms with van der Waals surface area (Å²) in [6, 6.07) is -0.505. The number of unbranched alkanes of at least 4 members (excludes halogenated alkanes) is 12. The second-order valence-corrected chi connectivity index (χ2v) is 7.71. The molecule has 0 aromatic rings. The third-order valence-corrected chi connectivity index (χ3v) is 5.23. The molecule has 4 N–H and O–H groups in total. The highest BCUT2D eigenvalue weighted by molar-refractivity contribution is 5.96. The van der Waals surface area contributed by atoms with Crippen LogP contribution in [0.3, 0.4) is 0 Å². The summed E-state index contributed by atoms with van der Waals surface area (Å²) in [5, 5.41) is 0. The van der Waals surface area contributed by atoms with E-state index < -0.39 is 12.0 Å². The van der Waals surface area contributed by atoms with Gasteiger partial charge in [0.2, 0.25) is 0 Å². The summed E-state index contributed by atoms with van der Waals surface area (Å²) in [6.07, 6.45) is 19.2. The van der Waals surface area contributed by atoms with Gasteiger partial charge in [-0.25, -0.2) is 0 Å². The molecule has 2 unspecified atom stereocenters. The maximum Gasteiger partial charge on any atom is 0.159 e. The molecule has 0 heterocycles. The highest BCUT2D eigenvalue weighted by atomic mass is 16.1. The summed E-state index contributed by atoms with van der Waals surface area (Å²) in [7, 11) is 0. The van der Waals surface area contributed by atoms with Gasteiger partial charge >= 0.3 is 0 Å². The van der Waals surface area contributed by atoms with Crippen LogP contribution in [0.1, 0.15) is 110 Å². The van der Waals surface area contributed by atoms with Crippen molar-refractivity contribution < 1.29 is 9.59 Å². The lowest BCUT2D eigenvalue weighted by molar-refractivity contribution is -0.128. The topological polar surface area (TPSA) is 86.2 Å². The summed E-state index contributed by atoms with van der Waals surface area (Å²) >= 11 is 0. The number of carbonyl (C=O) groups excluding carboxylic acids is 2. The average Bonchev–Trinajstić information content (AvgIpc) is 2.65. The largest absolute Gasteiger partial charge is 0.330 e. The number of hydrogen-bond donors (Lipinski definition) is 2. The minimum absolute atomic E-state index is 0.0832. The first kappa shape index (κ1) is 25.3. The van der Waals surface area contributed by atoms with Crippen molar-refractivity contribution in [1.82, 2.24) is 0 Å². The van der Waals surface area contributed by atoms with Crippen molar-refractivity contribution in [2.75, 3.05) is 6.54 Å². The van der Waals surface area contributed by atoms with Gasteiger partial charge in [0.05, 0.1) is 12.0 Å². The van der Waals surface area contributed by atoms with Crippen molar-refractivity contribution in [2.24, 2.45) is 17.4 Å². The van der Waals surface area contributed by atoms with Crippen molar-refractivity contribution in [3.63, 3.8) is 0 Å². The first-order valence-electron chi connectivity index (χ1n) is 11.1. The Hall–Kier alpha value is -0.740. The normalized spacial score (nSPS) is 13.5. The zero-order valence-corrected chi connectivity index (χ0v) is 17.2. The van der Waals surface area contributed by atoms with Gasteiger partial charge in [-0.2, -0.15) is 0 Å². The molecule has 0 spiro atoms. The molecule has 0 aromatic carbocycles. The molecule has 0 rings (SSSR count). The van der Waals surface area contributed by atoms with E-state index in [9.17, 15) is 9.59 Å². The number of carbonyl (C=O) groups is 2. The highest BCUT2D eigenvalue weighted by Gasteiger charge is 2.22. The third kappa shape index (κ3) is 14.4. The molecule has 0 bridgehead atoms. The van der Waals surface area contributed by atoms with Crippen molar-refractivity contribution in [1.29, 1.82) is 0 Å². The van der Waals surface area contributed by atoms with E-state index in [1.165, 1.54) is 64.2 Å². The van der Waals surface area contributed by atoms with Crippen molar-refractivity contribution in [3.8, 4) is 0 Å². The quantitative estimate of drug-likeness (QED) is 0.181. The summed E-state index contributed by atoms with van der Waals surface area (Å²) in [5.74, 6) is -0.592. The second kappa shape index (κ2) is 19.0. The van der Waals surface area contributed by atoms with E-state index in [4.69, 9.17) is 11.5 Å². The van der Waals surface area contributed by atoms with Crippen LogP contribution in [-0.2, 0) is 9.59 Å². The Morgan fingerprint density at radius 1 is 0.769 bits per heavy atom. The molecule has 0 aromatic heterocycles. The molecule has 154 valence electrons. The molecule has 26 heavy (non-hydrogen) atoms. The lowest BCUT2D eigenvalue weighted by atomic mass is 9.91. The maximum absolute atomic E-state index is 12.2. The molecule has 0 saturated carbocycles. The van der Waals surface area contributed by atoms with E-state index in [2.05, 4.69) is 6.92 Å². The van der Waals surface area contributed by atoms with Crippen LogP contribution >= 0.6 is 0 Å². The monoisotopic (exact) mass is 368 g/mol. The van der Waals surface area contributed by atoms with Gasteiger partial charge in [-0.05, 0) is 25.8 Å². The van der Waals surface area contributed by atoms with Gasteiger partial charge < -0.3 is 16.3 Å². The zero-order valence-electron chi connectivity index (χ0n) is 17.2. The second-order valence-electron chi connectivity index (χ2n) is 7.71. The molecule has 4 nitrogen and oxygen atoms in total. The SMILES string of the molecule is CCCCCCCCCCCCCCC(C=O)C(=O)C(N)CCCCN. The van der Waals surface area contributed by atoms with E-state index in [1.54, 1.807) is 0 Å². The van der Waals surface area contributed by atoms with Gasteiger partial charge in [0, 0.05) is 0 Å². The number of nitrogens with two attached hydrogens (primary N) is 2. The van der Waals surface area contributed by atoms with Crippen LogP contribution in [0.25, 0.3) is 0 Å². The summed E-state index contributed by atoms with van der Waals surface area (Å²) in [4.78, 5) is 23.4. The Morgan fingerprint density at radius 2 is 1.23 bits per heavy atom. The first-order chi connectivity index (χ1) is 12.7.